The molecule has 0 radical (unpaired) electrons. The lowest BCUT2D eigenvalue weighted by Crippen LogP contribution is -2.39. The zero-order valence-electron chi connectivity index (χ0n) is 15.4. The Morgan fingerprint density at radius 2 is 2.11 bits per heavy atom. The smallest absolute Gasteiger partial charge is 0.233 e. The highest BCUT2D eigenvalue weighted by Crippen LogP contribution is 2.31. The first-order valence-corrected chi connectivity index (χ1v) is 12.1. The van der Waals surface area contributed by atoms with Gasteiger partial charge in [-0.05, 0) is 44.4 Å². The number of rotatable bonds is 6. The summed E-state index contributed by atoms with van der Waals surface area (Å²) in [4.78, 5) is 12.3. The maximum absolute atomic E-state index is 12.3. The number of sulfone groups is 1. The molecule has 2 N–H and O–H groups in total. The number of hydrogen-bond donors (Lipinski definition) is 2. The average molecular weight is 427 g/mol. The molecular weight excluding hydrogens is 404 g/mol. The van der Waals surface area contributed by atoms with E-state index in [-0.39, 0.29) is 28.7 Å². The molecule has 1 aliphatic heterocycles. The minimum atomic E-state index is -3.01. The lowest BCUT2D eigenvalue weighted by atomic mass is 10.1. The molecule has 0 aliphatic carbocycles. The molecule has 2 unspecified atom stereocenters. The SMILES string of the molecule is Cc1cccc(Nc2nnc(SC(C)C(=O)NC3CCS(=O)(=O)C3)s2)c1C. The van der Waals surface area contributed by atoms with Gasteiger partial charge >= 0.3 is 0 Å². The van der Waals surface area contributed by atoms with Crippen molar-refractivity contribution < 1.29 is 13.2 Å². The summed E-state index contributed by atoms with van der Waals surface area (Å²) in [6.07, 6.45) is 0.480. The van der Waals surface area contributed by atoms with Crippen LogP contribution < -0.4 is 10.6 Å². The number of carbonyl (C=O) groups is 1. The Morgan fingerprint density at radius 3 is 2.81 bits per heavy atom. The van der Waals surface area contributed by atoms with Crippen molar-refractivity contribution in [2.45, 2.75) is 42.8 Å². The van der Waals surface area contributed by atoms with E-state index in [0.29, 0.717) is 15.9 Å². The molecule has 2 aromatic rings. The van der Waals surface area contributed by atoms with Crippen LogP contribution in [0.25, 0.3) is 0 Å². The quantitative estimate of drug-likeness (QED) is 0.685. The molecule has 10 heteroatoms. The van der Waals surface area contributed by atoms with Crippen LogP contribution in [0.5, 0.6) is 0 Å². The van der Waals surface area contributed by atoms with E-state index in [9.17, 15) is 13.2 Å². The van der Waals surface area contributed by atoms with Crippen molar-refractivity contribution in [3.05, 3.63) is 29.3 Å². The van der Waals surface area contributed by atoms with Crippen LogP contribution in [0.4, 0.5) is 10.8 Å². The summed E-state index contributed by atoms with van der Waals surface area (Å²) in [5.41, 5.74) is 3.33. The fraction of sp³-hybridized carbons (Fsp3) is 0.471. The summed E-state index contributed by atoms with van der Waals surface area (Å²) in [5, 5.41) is 14.6. The first-order chi connectivity index (χ1) is 12.7. The molecule has 7 nitrogen and oxygen atoms in total. The molecule has 27 heavy (non-hydrogen) atoms. The Hall–Kier alpha value is -1.65. The van der Waals surface area contributed by atoms with E-state index in [1.807, 2.05) is 19.1 Å². The minimum absolute atomic E-state index is 0.0266. The van der Waals surface area contributed by atoms with Crippen molar-refractivity contribution in [1.29, 1.82) is 0 Å². The number of nitrogens with one attached hydrogen (secondary N) is 2. The van der Waals surface area contributed by atoms with E-state index in [0.717, 1.165) is 11.3 Å². The van der Waals surface area contributed by atoms with Gasteiger partial charge in [-0.3, -0.25) is 4.79 Å². The van der Waals surface area contributed by atoms with Crippen LogP contribution in [-0.2, 0) is 14.6 Å². The van der Waals surface area contributed by atoms with Gasteiger partial charge in [0.25, 0.3) is 0 Å². The number of amides is 1. The normalized spacial score (nSPS) is 19.6. The second-order valence-electron chi connectivity index (χ2n) is 6.61. The monoisotopic (exact) mass is 426 g/mol. The highest BCUT2D eigenvalue weighted by Gasteiger charge is 2.30. The van der Waals surface area contributed by atoms with Gasteiger partial charge in [-0.2, -0.15) is 0 Å². The number of anilines is 2. The largest absolute Gasteiger partial charge is 0.351 e. The van der Waals surface area contributed by atoms with Crippen LogP contribution in [0.3, 0.4) is 0 Å². The van der Waals surface area contributed by atoms with Gasteiger partial charge in [-0.25, -0.2) is 8.42 Å². The van der Waals surface area contributed by atoms with Crippen molar-refractivity contribution in [2.24, 2.45) is 0 Å². The highest BCUT2D eigenvalue weighted by molar-refractivity contribution is 8.02. The van der Waals surface area contributed by atoms with E-state index in [1.54, 1.807) is 6.92 Å². The number of carbonyl (C=O) groups excluding carboxylic acids is 1. The molecule has 0 bridgehead atoms. The molecule has 1 fully saturated rings. The Labute approximate surface area is 167 Å². The number of aromatic nitrogens is 2. The summed E-state index contributed by atoms with van der Waals surface area (Å²) in [6.45, 7) is 5.88. The van der Waals surface area contributed by atoms with Gasteiger partial charge in [0.2, 0.25) is 11.0 Å². The molecule has 0 spiro atoms. The zero-order valence-corrected chi connectivity index (χ0v) is 17.8. The molecule has 1 aromatic carbocycles. The third-order valence-corrected chi connectivity index (χ3v) is 8.27. The average Bonchev–Trinajstić information content (AvgIpc) is 3.17. The van der Waals surface area contributed by atoms with Crippen molar-refractivity contribution in [1.82, 2.24) is 15.5 Å². The predicted octanol–water partition coefficient (Wildman–Crippen LogP) is 2.68. The molecule has 3 rings (SSSR count). The topological polar surface area (TPSA) is 101 Å². The van der Waals surface area contributed by atoms with Gasteiger partial charge in [0, 0.05) is 11.7 Å². The van der Waals surface area contributed by atoms with E-state index in [4.69, 9.17) is 0 Å². The van der Waals surface area contributed by atoms with Crippen molar-refractivity contribution in [3.8, 4) is 0 Å². The molecule has 146 valence electrons. The van der Waals surface area contributed by atoms with Crippen LogP contribution in [0, 0.1) is 13.8 Å². The Balaban J connectivity index is 1.57. The summed E-state index contributed by atoms with van der Waals surface area (Å²) in [7, 11) is -3.01. The van der Waals surface area contributed by atoms with Gasteiger partial charge in [0.1, 0.15) is 0 Å². The van der Waals surface area contributed by atoms with Gasteiger partial charge in [0.05, 0.1) is 16.8 Å². The van der Waals surface area contributed by atoms with Crippen LogP contribution in [0.15, 0.2) is 22.5 Å². The first kappa shape index (κ1) is 20.1. The van der Waals surface area contributed by atoms with Crippen LogP contribution in [0.2, 0.25) is 0 Å². The second-order valence-corrected chi connectivity index (χ2v) is 11.4. The maximum atomic E-state index is 12.3. The van der Waals surface area contributed by atoms with Crippen molar-refractivity contribution in [2.75, 3.05) is 16.8 Å². The molecule has 1 amide bonds. The number of hydrogen-bond acceptors (Lipinski definition) is 8. The van der Waals surface area contributed by atoms with E-state index in [1.165, 1.54) is 28.7 Å². The Morgan fingerprint density at radius 1 is 1.33 bits per heavy atom. The predicted molar refractivity (Wildman–Crippen MR) is 110 cm³/mol. The first-order valence-electron chi connectivity index (χ1n) is 8.58. The zero-order chi connectivity index (χ0) is 19.6. The lowest BCUT2D eigenvalue weighted by Gasteiger charge is -2.14. The Kier molecular flexibility index (Phi) is 6.07. The van der Waals surface area contributed by atoms with Crippen molar-refractivity contribution in [3.63, 3.8) is 0 Å². The molecular formula is C17H22N4O3S3. The van der Waals surface area contributed by atoms with E-state index < -0.39 is 9.84 Å². The highest BCUT2D eigenvalue weighted by atomic mass is 32.2. The van der Waals surface area contributed by atoms with E-state index in [2.05, 4.69) is 33.8 Å². The molecule has 2 heterocycles. The third-order valence-electron chi connectivity index (χ3n) is 4.48. The van der Waals surface area contributed by atoms with E-state index >= 15 is 0 Å². The fourth-order valence-electron chi connectivity index (χ4n) is 2.74. The van der Waals surface area contributed by atoms with Gasteiger partial charge < -0.3 is 10.6 Å². The van der Waals surface area contributed by atoms with Gasteiger partial charge in [0.15, 0.2) is 14.2 Å². The second kappa shape index (κ2) is 8.15. The van der Waals surface area contributed by atoms with Gasteiger partial charge in [-0.1, -0.05) is 35.2 Å². The van der Waals surface area contributed by atoms with Crippen molar-refractivity contribution >= 4 is 49.7 Å². The number of aryl methyl sites for hydroxylation is 1. The van der Waals surface area contributed by atoms with Crippen LogP contribution >= 0.6 is 23.1 Å². The lowest BCUT2D eigenvalue weighted by molar-refractivity contribution is -0.120. The summed E-state index contributed by atoms with van der Waals surface area (Å²) in [6, 6.07) is 5.73. The summed E-state index contributed by atoms with van der Waals surface area (Å²) in [5.74, 6) is -0.0105. The molecule has 1 aliphatic rings. The molecule has 1 saturated heterocycles. The number of benzene rings is 1. The number of nitrogens with zero attached hydrogens (tertiary/aromatic N) is 2. The number of thioether (sulfide) groups is 1. The molecule has 1 aromatic heterocycles. The minimum Gasteiger partial charge on any atom is -0.351 e. The molecule has 2 atom stereocenters. The maximum Gasteiger partial charge on any atom is 0.233 e. The van der Waals surface area contributed by atoms with Crippen LogP contribution in [-0.4, -0.2) is 47.3 Å². The van der Waals surface area contributed by atoms with Crippen LogP contribution in [0.1, 0.15) is 24.5 Å². The summed E-state index contributed by atoms with van der Waals surface area (Å²) < 4.78 is 23.7. The Bertz CT molecular complexity index is 943. The molecule has 0 saturated carbocycles. The fourth-order valence-corrected chi connectivity index (χ4v) is 6.33. The van der Waals surface area contributed by atoms with Gasteiger partial charge in [-0.15, -0.1) is 10.2 Å². The summed E-state index contributed by atoms with van der Waals surface area (Å²) >= 11 is 2.70. The third kappa shape index (κ3) is 5.20. The standard InChI is InChI=1S/C17H22N4O3S3/c1-10-5-4-6-14(11(10)2)19-16-20-21-17(26-16)25-12(3)15(22)18-13-7-8-27(23,24)9-13/h4-6,12-13H,7-9H2,1-3H3,(H,18,22)(H,19,20).